The van der Waals surface area contributed by atoms with Crippen LogP contribution in [0, 0.1) is 0 Å². The quantitative estimate of drug-likeness (QED) is 0.569. The largest absolute Gasteiger partial charge is 0.373 e. The van der Waals surface area contributed by atoms with Crippen molar-refractivity contribution >= 4 is 27.9 Å². The molecule has 0 radical (unpaired) electrons. The molecule has 0 bridgehead atoms. The molecule has 10 nitrogen and oxygen atoms in total. The topological polar surface area (TPSA) is 108 Å². The van der Waals surface area contributed by atoms with E-state index in [9.17, 15) is 22.8 Å². The molecule has 0 N–H and O–H groups in total. The lowest BCUT2D eigenvalue weighted by atomic mass is 10.1. The van der Waals surface area contributed by atoms with Crippen LogP contribution in [0.4, 0.5) is 0 Å². The highest BCUT2D eigenvalue weighted by molar-refractivity contribution is 7.86. The van der Waals surface area contributed by atoms with Gasteiger partial charge in [0, 0.05) is 57.7 Å². The first kappa shape index (κ1) is 23.8. The Morgan fingerprint density at radius 1 is 0.909 bits per heavy atom. The Morgan fingerprint density at radius 2 is 1.45 bits per heavy atom. The van der Waals surface area contributed by atoms with Crippen molar-refractivity contribution in [3.63, 3.8) is 0 Å². The van der Waals surface area contributed by atoms with Gasteiger partial charge >= 0.3 is 0 Å². The molecule has 3 amide bonds. The first-order valence-electron chi connectivity index (χ1n) is 11.3. The monoisotopic (exact) mass is 478 g/mol. The number of ether oxygens (including phenoxy) is 1. The summed E-state index contributed by atoms with van der Waals surface area (Å²) in [6.45, 7) is 5.69. The van der Waals surface area contributed by atoms with Crippen molar-refractivity contribution in [3.8, 4) is 0 Å². The molecule has 11 heteroatoms. The molecule has 4 rings (SSSR count). The van der Waals surface area contributed by atoms with E-state index in [4.69, 9.17) is 4.74 Å². The normalized spacial score (nSPS) is 25.6. The molecule has 3 saturated heterocycles. The van der Waals surface area contributed by atoms with Crippen LogP contribution < -0.4 is 0 Å². The summed E-state index contributed by atoms with van der Waals surface area (Å²) in [6.07, 6.45) is 0.189. The van der Waals surface area contributed by atoms with E-state index < -0.39 is 10.2 Å². The van der Waals surface area contributed by atoms with E-state index >= 15 is 0 Å². The van der Waals surface area contributed by atoms with Gasteiger partial charge < -0.3 is 9.64 Å². The highest BCUT2D eigenvalue weighted by atomic mass is 32.2. The van der Waals surface area contributed by atoms with Gasteiger partial charge in [-0.2, -0.15) is 17.0 Å². The molecule has 3 aliphatic rings. The van der Waals surface area contributed by atoms with Gasteiger partial charge in [-0.25, -0.2) is 0 Å². The maximum Gasteiger partial charge on any atom is 0.282 e. The standard InChI is InChI=1S/C22H30N4O6S/c1-16-13-25(14-17(2)32-16)33(30,31)24-11-9-23(10-12-24)22(29)19-5-3-18(4-6-19)15-26-20(27)7-8-21(26)28/h3-6,16-17H,7-15H2,1-2H3. The average Bonchev–Trinajstić information content (AvgIpc) is 3.10. The fraction of sp³-hybridized carbons (Fsp3) is 0.591. The molecular weight excluding hydrogens is 448 g/mol. The molecule has 33 heavy (non-hydrogen) atoms. The Labute approximate surface area is 194 Å². The van der Waals surface area contributed by atoms with Gasteiger partial charge in [-0.05, 0) is 31.5 Å². The third-order valence-corrected chi connectivity index (χ3v) is 8.23. The zero-order chi connectivity index (χ0) is 23.8. The Morgan fingerprint density at radius 3 is 2.00 bits per heavy atom. The van der Waals surface area contributed by atoms with Crippen LogP contribution in [-0.2, 0) is 31.1 Å². The van der Waals surface area contributed by atoms with Crippen LogP contribution in [0.2, 0.25) is 0 Å². The van der Waals surface area contributed by atoms with Crippen LogP contribution in [0.3, 0.4) is 0 Å². The summed E-state index contributed by atoms with van der Waals surface area (Å²) in [7, 11) is -3.60. The Bertz CT molecular complexity index is 994. The zero-order valence-electron chi connectivity index (χ0n) is 19.0. The third kappa shape index (κ3) is 5.11. The van der Waals surface area contributed by atoms with Gasteiger partial charge in [0.1, 0.15) is 0 Å². The molecule has 0 saturated carbocycles. The van der Waals surface area contributed by atoms with Gasteiger partial charge in [0.05, 0.1) is 18.8 Å². The minimum atomic E-state index is -3.60. The molecule has 3 aliphatic heterocycles. The van der Waals surface area contributed by atoms with Gasteiger partial charge in [-0.15, -0.1) is 0 Å². The van der Waals surface area contributed by atoms with Crippen LogP contribution >= 0.6 is 0 Å². The molecule has 3 fully saturated rings. The van der Waals surface area contributed by atoms with Gasteiger partial charge in [-0.3, -0.25) is 19.3 Å². The average molecular weight is 479 g/mol. The number of benzene rings is 1. The number of hydrogen-bond donors (Lipinski definition) is 0. The number of morpholine rings is 1. The molecule has 1 aromatic rings. The summed E-state index contributed by atoms with van der Waals surface area (Å²) in [4.78, 5) is 39.4. The van der Waals surface area contributed by atoms with Crippen LogP contribution in [-0.4, -0.2) is 96.0 Å². The lowest BCUT2D eigenvalue weighted by Crippen LogP contribution is -2.57. The maximum absolute atomic E-state index is 13.0. The summed E-state index contributed by atoms with van der Waals surface area (Å²) in [5.41, 5.74) is 1.27. The van der Waals surface area contributed by atoms with E-state index in [-0.39, 0.29) is 62.4 Å². The number of nitrogens with zero attached hydrogens (tertiary/aromatic N) is 4. The van der Waals surface area contributed by atoms with Crippen molar-refractivity contribution in [3.05, 3.63) is 35.4 Å². The second kappa shape index (κ2) is 9.49. The molecule has 0 spiro atoms. The number of rotatable bonds is 5. The van der Waals surface area contributed by atoms with E-state index in [2.05, 4.69) is 0 Å². The van der Waals surface area contributed by atoms with Crippen molar-refractivity contribution in [1.29, 1.82) is 0 Å². The van der Waals surface area contributed by atoms with Crippen molar-refractivity contribution in [2.24, 2.45) is 0 Å². The number of carbonyl (C=O) groups excluding carboxylic acids is 3. The molecule has 3 heterocycles. The van der Waals surface area contributed by atoms with Crippen molar-refractivity contribution in [1.82, 2.24) is 18.4 Å². The molecular formula is C22H30N4O6S. The van der Waals surface area contributed by atoms with Crippen LogP contribution in [0.25, 0.3) is 0 Å². The van der Waals surface area contributed by atoms with E-state index in [1.165, 1.54) is 13.5 Å². The molecule has 1 aromatic carbocycles. The van der Waals surface area contributed by atoms with Crippen LogP contribution in [0.15, 0.2) is 24.3 Å². The van der Waals surface area contributed by atoms with Gasteiger partial charge in [0.2, 0.25) is 11.8 Å². The fourth-order valence-electron chi connectivity index (χ4n) is 4.52. The van der Waals surface area contributed by atoms with Crippen molar-refractivity contribution in [2.75, 3.05) is 39.3 Å². The highest BCUT2D eigenvalue weighted by Gasteiger charge is 2.37. The summed E-state index contributed by atoms with van der Waals surface area (Å²) in [5.74, 6) is -0.511. The Balaban J connectivity index is 1.33. The molecule has 2 atom stereocenters. The maximum atomic E-state index is 13.0. The third-order valence-electron chi connectivity index (χ3n) is 6.26. The minimum absolute atomic E-state index is 0.156. The summed E-state index contributed by atoms with van der Waals surface area (Å²) < 4.78 is 34.6. The first-order chi connectivity index (χ1) is 15.6. The predicted octanol–water partition coefficient (Wildman–Crippen LogP) is 0.447. The Hall–Kier alpha value is -2.34. The minimum Gasteiger partial charge on any atom is -0.373 e. The summed E-state index contributed by atoms with van der Waals surface area (Å²) in [5, 5.41) is 0. The van der Waals surface area contributed by atoms with Gasteiger partial charge in [-0.1, -0.05) is 12.1 Å². The number of carbonyl (C=O) groups is 3. The van der Waals surface area contributed by atoms with Crippen LogP contribution in [0.5, 0.6) is 0 Å². The lowest BCUT2D eigenvalue weighted by molar-refractivity contribution is -0.139. The van der Waals surface area contributed by atoms with Crippen molar-refractivity contribution < 1.29 is 27.5 Å². The number of amides is 3. The van der Waals surface area contributed by atoms with E-state index in [0.29, 0.717) is 31.7 Å². The van der Waals surface area contributed by atoms with Gasteiger partial charge in [0.25, 0.3) is 16.1 Å². The number of hydrogen-bond acceptors (Lipinski definition) is 6. The SMILES string of the molecule is CC1CN(S(=O)(=O)N2CCN(C(=O)c3ccc(CN4C(=O)CCC4=O)cc3)CC2)CC(C)O1. The predicted molar refractivity (Wildman–Crippen MR) is 119 cm³/mol. The molecule has 0 aliphatic carbocycles. The highest BCUT2D eigenvalue weighted by Crippen LogP contribution is 2.20. The molecule has 180 valence electrons. The lowest BCUT2D eigenvalue weighted by Gasteiger charge is -2.40. The summed E-state index contributed by atoms with van der Waals surface area (Å²) >= 11 is 0. The summed E-state index contributed by atoms with van der Waals surface area (Å²) in [6, 6.07) is 6.85. The van der Waals surface area contributed by atoms with E-state index in [1.54, 1.807) is 29.2 Å². The smallest absolute Gasteiger partial charge is 0.282 e. The number of likely N-dealkylation sites (tertiary alicyclic amines) is 1. The van der Waals surface area contributed by atoms with Crippen LogP contribution in [0.1, 0.15) is 42.6 Å². The Kier molecular flexibility index (Phi) is 6.85. The zero-order valence-corrected chi connectivity index (χ0v) is 19.8. The first-order valence-corrected chi connectivity index (χ1v) is 12.7. The van der Waals surface area contributed by atoms with Gasteiger partial charge in [0.15, 0.2) is 0 Å². The van der Waals surface area contributed by atoms with E-state index in [0.717, 1.165) is 5.56 Å². The second-order valence-electron chi connectivity index (χ2n) is 8.84. The van der Waals surface area contributed by atoms with Crippen molar-refractivity contribution in [2.45, 2.75) is 45.4 Å². The fourth-order valence-corrected chi connectivity index (χ4v) is 6.27. The van der Waals surface area contributed by atoms with E-state index in [1.807, 2.05) is 13.8 Å². The molecule has 2 unspecified atom stereocenters. The number of piperazine rings is 1. The second-order valence-corrected chi connectivity index (χ2v) is 10.8. The number of imide groups is 1. The molecule has 0 aromatic heterocycles.